The van der Waals surface area contributed by atoms with Crippen molar-refractivity contribution >= 4 is 35.6 Å². The first kappa shape index (κ1) is 30.6. The van der Waals surface area contributed by atoms with Crippen molar-refractivity contribution in [2.24, 2.45) is 20.8 Å². The number of ether oxygens (including phenoxy) is 4. The number of aliphatic imine (C=N–C) groups is 2. The Morgan fingerprint density at radius 1 is 0.804 bits per heavy atom. The molecule has 46 heavy (non-hydrogen) atoms. The fraction of sp³-hybridized carbons (Fsp3) is 0.556. The van der Waals surface area contributed by atoms with E-state index in [0.29, 0.717) is 70.7 Å². The van der Waals surface area contributed by atoms with Crippen LogP contribution in [0.15, 0.2) is 34.3 Å². The summed E-state index contributed by atoms with van der Waals surface area (Å²) in [6, 6.07) is 7.24. The maximum atomic E-state index is 13.4. The smallest absolute Gasteiger partial charge is 0.256 e. The number of unbranched alkanes of at least 4 members (excludes halogenated alkanes) is 2. The summed E-state index contributed by atoms with van der Waals surface area (Å²) in [5.41, 5.74) is 2.96. The number of nitrogens with zero attached hydrogens (tertiary/aromatic N) is 4. The molecule has 3 heterocycles. The summed E-state index contributed by atoms with van der Waals surface area (Å²) in [5.74, 6) is 2.27. The molecule has 7 rings (SSSR count). The van der Waals surface area contributed by atoms with Crippen molar-refractivity contribution in [2.45, 2.75) is 70.8 Å². The third-order valence-corrected chi connectivity index (χ3v) is 10.5. The van der Waals surface area contributed by atoms with Crippen LogP contribution in [0.2, 0.25) is 0 Å². The van der Waals surface area contributed by atoms with Crippen LogP contribution in [0.3, 0.4) is 0 Å². The molecule has 0 N–H and O–H groups in total. The lowest BCUT2D eigenvalue weighted by Crippen LogP contribution is -2.36. The van der Waals surface area contributed by atoms with E-state index >= 15 is 0 Å². The van der Waals surface area contributed by atoms with E-state index in [1.54, 1.807) is 26.4 Å². The molecule has 1 spiro atoms. The number of amides is 2. The maximum absolute atomic E-state index is 13.4. The Bertz CT molecular complexity index is 1580. The highest BCUT2D eigenvalue weighted by molar-refractivity contribution is 6.04. The molecule has 244 valence electrons. The minimum Gasteiger partial charge on any atom is -0.493 e. The third kappa shape index (κ3) is 5.94. The molecule has 0 aromatic heterocycles. The number of methoxy groups -OCH3 is 2. The van der Waals surface area contributed by atoms with Gasteiger partial charge in [0.05, 0.1) is 62.5 Å². The van der Waals surface area contributed by atoms with E-state index in [9.17, 15) is 9.59 Å². The van der Waals surface area contributed by atoms with Gasteiger partial charge in [-0.3, -0.25) is 19.6 Å². The van der Waals surface area contributed by atoms with Gasteiger partial charge in [0.25, 0.3) is 11.8 Å². The van der Waals surface area contributed by atoms with Crippen molar-refractivity contribution in [3.63, 3.8) is 0 Å². The lowest BCUT2D eigenvalue weighted by Gasteiger charge is -2.25. The summed E-state index contributed by atoms with van der Waals surface area (Å²) in [4.78, 5) is 40.0. The van der Waals surface area contributed by atoms with Gasteiger partial charge in [0.1, 0.15) is 0 Å². The molecule has 2 amide bonds. The van der Waals surface area contributed by atoms with Crippen molar-refractivity contribution in [1.29, 1.82) is 0 Å². The molecule has 0 bridgehead atoms. The fourth-order valence-corrected chi connectivity index (χ4v) is 7.09. The van der Waals surface area contributed by atoms with Gasteiger partial charge in [-0.15, -0.1) is 0 Å². The van der Waals surface area contributed by atoms with Gasteiger partial charge in [-0.2, -0.15) is 0 Å². The molecular weight excluding hydrogens is 584 g/mol. The number of hydrogen-bond donors (Lipinski definition) is 0. The molecule has 2 saturated carbocycles. The first-order valence-electron chi connectivity index (χ1n) is 16.7. The van der Waals surface area contributed by atoms with E-state index in [1.165, 1.54) is 25.7 Å². The van der Waals surface area contributed by atoms with Crippen LogP contribution in [0.1, 0.15) is 85.4 Å². The second-order valence-corrected chi connectivity index (χ2v) is 13.6. The highest BCUT2D eigenvalue weighted by Gasteiger charge is 2.53. The monoisotopic (exact) mass is 628 g/mol. The molecule has 3 aliphatic heterocycles. The summed E-state index contributed by atoms with van der Waals surface area (Å²) in [5, 5.41) is 0. The molecule has 1 saturated heterocycles. The van der Waals surface area contributed by atoms with Gasteiger partial charge >= 0.3 is 0 Å². The largest absolute Gasteiger partial charge is 0.493 e. The lowest BCUT2D eigenvalue weighted by molar-refractivity contribution is 0.0746. The Balaban J connectivity index is 0.911. The summed E-state index contributed by atoms with van der Waals surface area (Å²) >= 11 is 0. The summed E-state index contributed by atoms with van der Waals surface area (Å²) in [6.45, 7) is 5.29. The number of fused-ring (bicyclic) bond motifs is 3. The Labute approximate surface area is 270 Å². The predicted octanol–water partition coefficient (Wildman–Crippen LogP) is 6.39. The van der Waals surface area contributed by atoms with Gasteiger partial charge in [-0.1, -0.05) is 6.92 Å². The molecule has 2 aliphatic carbocycles. The average Bonchev–Trinajstić information content (AvgIpc) is 3.99. The van der Waals surface area contributed by atoms with Gasteiger partial charge in [0.2, 0.25) is 0 Å². The van der Waals surface area contributed by atoms with E-state index in [0.717, 1.165) is 45.2 Å². The Kier molecular flexibility index (Phi) is 8.15. The number of carbonyl (C=O) groups excluding carboxylic acids is 2. The number of hydrogen-bond acceptors (Lipinski definition) is 8. The van der Waals surface area contributed by atoms with Crippen LogP contribution >= 0.6 is 0 Å². The van der Waals surface area contributed by atoms with Crippen molar-refractivity contribution in [1.82, 2.24) is 9.80 Å². The van der Waals surface area contributed by atoms with Crippen molar-refractivity contribution in [2.75, 3.05) is 47.1 Å². The van der Waals surface area contributed by atoms with E-state index in [4.69, 9.17) is 23.9 Å². The second-order valence-electron chi connectivity index (χ2n) is 13.6. The van der Waals surface area contributed by atoms with Crippen LogP contribution in [0.5, 0.6) is 23.0 Å². The molecule has 2 aromatic rings. The zero-order chi connectivity index (χ0) is 31.9. The Morgan fingerprint density at radius 2 is 1.43 bits per heavy atom. The molecule has 10 nitrogen and oxygen atoms in total. The fourth-order valence-electron chi connectivity index (χ4n) is 7.09. The lowest BCUT2D eigenvalue weighted by atomic mass is 10.0. The Hall–Kier alpha value is -4.08. The number of carbonyl (C=O) groups is 2. The molecule has 3 fully saturated rings. The van der Waals surface area contributed by atoms with Crippen molar-refractivity contribution < 1.29 is 28.5 Å². The van der Waals surface area contributed by atoms with Crippen LogP contribution in [0.4, 0.5) is 11.4 Å². The maximum Gasteiger partial charge on any atom is 0.256 e. The first-order chi connectivity index (χ1) is 22.4. The Morgan fingerprint density at radius 3 is 2.02 bits per heavy atom. The zero-order valence-corrected chi connectivity index (χ0v) is 27.2. The molecule has 1 unspecified atom stereocenters. The van der Waals surface area contributed by atoms with Crippen LogP contribution < -0.4 is 18.9 Å². The molecule has 1 atom stereocenters. The van der Waals surface area contributed by atoms with Gasteiger partial charge in [-0.25, -0.2) is 0 Å². The van der Waals surface area contributed by atoms with Gasteiger partial charge < -0.3 is 28.7 Å². The highest BCUT2D eigenvalue weighted by atomic mass is 16.5. The minimum absolute atomic E-state index is 0.00609. The van der Waals surface area contributed by atoms with Gasteiger partial charge in [0.15, 0.2) is 23.0 Å². The van der Waals surface area contributed by atoms with Gasteiger partial charge in [-0.05, 0) is 80.8 Å². The average molecular weight is 629 g/mol. The summed E-state index contributed by atoms with van der Waals surface area (Å²) in [7, 11) is 3.19. The van der Waals surface area contributed by atoms with E-state index < -0.39 is 0 Å². The number of rotatable bonds is 13. The van der Waals surface area contributed by atoms with E-state index in [2.05, 4.69) is 11.9 Å². The standard InChI is InChI=1S/C36H44N4O6/c1-4-35(8-9-35)22-39-13-12-37-27-18-31(29(43-2)16-25(27)33(39)41)45-14-6-5-7-15-46-32-19-28-26(17-30(32)44-3)34(42)40-23-36(10-11-36)20-24(40)21-38-28/h12,16-19,21,24H,4-11,13-15,20,22-23H2,1-3H3. The van der Waals surface area contributed by atoms with Crippen molar-refractivity contribution in [3.05, 3.63) is 35.4 Å². The minimum atomic E-state index is -0.00609. The quantitative estimate of drug-likeness (QED) is 0.238. The first-order valence-corrected chi connectivity index (χ1v) is 16.7. The zero-order valence-electron chi connectivity index (χ0n) is 27.2. The van der Waals surface area contributed by atoms with Crippen molar-refractivity contribution in [3.8, 4) is 23.0 Å². The van der Waals surface area contributed by atoms with Crippen LogP contribution in [0, 0.1) is 10.8 Å². The number of benzene rings is 2. The molecule has 2 aromatic carbocycles. The molecular formula is C36H44N4O6. The summed E-state index contributed by atoms with van der Waals surface area (Å²) < 4.78 is 23.4. The van der Waals surface area contributed by atoms with E-state index in [1.807, 2.05) is 34.4 Å². The van der Waals surface area contributed by atoms with Crippen LogP contribution in [-0.4, -0.2) is 87.2 Å². The molecule has 0 radical (unpaired) electrons. The second kappa shape index (κ2) is 12.3. The highest BCUT2D eigenvalue weighted by Crippen LogP contribution is 2.55. The normalized spacial score (nSPS) is 21.3. The third-order valence-electron chi connectivity index (χ3n) is 10.5. The topological polar surface area (TPSA) is 102 Å². The van der Waals surface area contributed by atoms with E-state index in [-0.39, 0.29) is 23.3 Å². The SMILES string of the molecule is CCC1(CN2CC=Nc3cc(OCCCCCOc4cc5c(cc4OC)C(=O)N4CC6(CC6)CC4C=N5)c(OC)cc3C2=O)CC1. The summed E-state index contributed by atoms with van der Waals surface area (Å²) in [6.07, 6.45) is 13.1. The molecule has 5 aliphatic rings. The van der Waals surface area contributed by atoms with Crippen LogP contribution in [0.25, 0.3) is 0 Å². The predicted molar refractivity (Wildman–Crippen MR) is 176 cm³/mol. The molecule has 10 heteroatoms. The van der Waals surface area contributed by atoms with Gasteiger partial charge in [0, 0.05) is 37.7 Å². The van der Waals surface area contributed by atoms with Crippen LogP contribution in [-0.2, 0) is 0 Å².